The van der Waals surface area contributed by atoms with E-state index in [9.17, 15) is 0 Å². The highest BCUT2D eigenvalue weighted by atomic mass is 16.3. The van der Waals surface area contributed by atoms with Gasteiger partial charge in [0.15, 0.2) is 0 Å². The van der Waals surface area contributed by atoms with Crippen molar-refractivity contribution in [2.45, 2.75) is 77.0 Å². The zero-order valence-electron chi connectivity index (χ0n) is 40.3. The molecule has 2 heteroatoms. The fourth-order valence-corrected chi connectivity index (χ4v) is 12.3. The molecule has 9 aromatic carbocycles. The van der Waals surface area contributed by atoms with Crippen LogP contribution < -0.4 is 4.90 Å². The third-order valence-corrected chi connectivity index (χ3v) is 15.8. The molecule has 0 N–H and O–H groups in total. The Hall–Kier alpha value is -7.42. The molecule has 2 nitrogen and oxygen atoms in total. The van der Waals surface area contributed by atoms with Crippen LogP contribution in [0.3, 0.4) is 0 Å². The summed E-state index contributed by atoms with van der Waals surface area (Å²) >= 11 is 0. The Labute approximate surface area is 400 Å². The summed E-state index contributed by atoms with van der Waals surface area (Å²) in [5.74, 6) is 0. The van der Waals surface area contributed by atoms with Crippen molar-refractivity contribution in [2.24, 2.45) is 0 Å². The van der Waals surface area contributed by atoms with Gasteiger partial charge in [0.1, 0.15) is 11.2 Å². The smallest absolute Gasteiger partial charge is 0.143 e. The SMILES string of the molecule is CC(C)(C)c1ccc2c(c1)C1(c3cc(C(C)(C)C)ccc3-2)c2cc(N(c3ccc(-c4ccccc4)cc3)c3ccc4c(c3)C(C)(C)c3ccccc3-4)ccc2-c2c1ccc1c2oc2ccccc21. The predicted molar refractivity (Wildman–Crippen MR) is 285 cm³/mol. The predicted octanol–water partition coefficient (Wildman–Crippen LogP) is 18.0. The number of furan rings is 1. The van der Waals surface area contributed by atoms with Crippen LogP contribution in [0.15, 0.2) is 192 Å². The molecule has 0 fully saturated rings. The number of benzene rings is 9. The van der Waals surface area contributed by atoms with E-state index in [0.717, 1.165) is 39.0 Å². The molecule has 0 atom stereocenters. The molecule has 0 unspecified atom stereocenters. The average molecular weight is 878 g/mol. The zero-order chi connectivity index (χ0) is 46.5. The number of para-hydroxylation sites is 1. The Balaban J connectivity index is 1.12. The van der Waals surface area contributed by atoms with Crippen LogP contribution in [0.4, 0.5) is 17.1 Å². The van der Waals surface area contributed by atoms with Gasteiger partial charge in [0.25, 0.3) is 0 Å². The van der Waals surface area contributed by atoms with Crippen LogP contribution in [-0.2, 0) is 21.7 Å². The second-order valence-electron chi connectivity index (χ2n) is 22.1. The second kappa shape index (κ2) is 14.1. The van der Waals surface area contributed by atoms with Gasteiger partial charge in [0.05, 0.1) is 5.41 Å². The Morgan fingerprint density at radius 2 is 0.897 bits per heavy atom. The largest absolute Gasteiger partial charge is 0.455 e. The highest BCUT2D eigenvalue weighted by Crippen LogP contribution is 2.65. The van der Waals surface area contributed by atoms with Crippen molar-refractivity contribution in [3.05, 3.63) is 233 Å². The molecule has 3 aliphatic rings. The molecule has 1 aromatic heterocycles. The first-order valence-corrected chi connectivity index (χ1v) is 24.3. The molecule has 3 aliphatic carbocycles. The van der Waals surface area contributed by atoms with Gasteiger partial charge in [0.2, 0.25) is 0 Å². The van der Waals surface area contributed by atoms with Crippen molar-refractivity contribution in [3.8, 4) is 44.5 Å². The van der Waals surface area contributed by atoms with Crippen molar-refractivity contribution in [2.75, 3.05) is 4.90 Å². The van der Waals surface area contributed by atoms with Crippen LogP contribution in [-0.4, -0.2) is 0 Å². The summed E-state index contributed by atoms with van der Waals surface area (Å²) in [4.78, 5) is 2.50. The number of nitrogens with zero attached hydrogens (tertiary/aromatic N) is 1. The standard InChI is InChI=1S/C66H55NO/c1-63(2,3)42-24-30-49-50-31-25-43(64(4,5)6)37-58(50)66(57(49)36-42)55-35-34-52-51-19-13-15-21-60(51)68-62(52)61(55)53-33-29-46(39-59(53)66)67(44-26-22-41(23-27-44)40-16-10-9-11-17-40)45-28-32-48-47-18-12-14-20-54(47)65(7,8)56(48)38-45/h9-39H,1-8H3. The zero-order valence-corrected chi connectivity index (χ0v) is 40.3. The molecule has 0 radical (unpaired) electrons. The van der Waals surface area contributed by atoms with E-state index in [-0.39, 0.29) is 16.2 Å². The quantitative estimate of drug-likeness (QED) is 0.175. The molecule has 330 valence electrons. The van der Waals surface area contributed by atoms with Crippen LogP contribution in [0.25, 0.3) is 66.4 Å². The van der Waals surface area contributed by atoms with Crippen molar-refractivity contribution < 1.29 is 4.42 Å². The number of hydrogen-bond acceptors (Lipinski definition) is 2. The molecule has 68 heavy (non-hydrogen) atoms. The van der Waals surface area contributed by atoms with Crippen LogP contribution in [0, 0.1) is 0 Å². The van der Waals surface area contributed by atoms with Gasteiger partial charge in [0, 0.05) is 38.8 Å². The first-order valence-electron chi connectivity index (χ1n) is 24.3. The normalized spacial score (nSPS) is 14.7. The highest BCUT2D eigenvalue weighted by Gasteiger charge is 2.53. The summed E-state index contributed by atoms with van der Waals surface area (Å²) in [5, 5.41) is 2.30. The van der Waals surface area contributed by atoms with Crippen LogP contribution in [0.1, 0.15) is 99.9 Å². The fourth-order valence-electron chi connectivity index (χ4n) is 12.3. The van der Waals surface area contributed by atoms with E-state index < -0.39 is 5.41 Å². The van der Waals surface area contributed by atoms with E-state index in [1.54, 1.807) is 0 Å². The summed E-state index contributed by atoms with van der Waals surface area (Å²) in [6.07, 6.45) is 0. The molecular weight excluding hydrogens is 823 g/mol. The number of hydrogen-bond donors (Lipinski definition) is 0. The molecule has 0 bridgehead atoms. The van der Waals surface area contributed by atoms with Gasteiger partial charge >= 0.3 is 0 Å². The number of fused-ring (bicyclic) bond motifs is 17. The Morgan fingerprint density at radius 1 is 0.382 bits per heavy atom. The lowest BCUT2D eigenvalue weighted by atomic mass is 9.68. The fraction of sp³-hybridized carbons (Fsp3) is 0.182. The van der Waals surface area contributed by atoms with Crippen LogP contribution in [0.2, 0.25) is 0 Å². The van der Waals surface area contributed by atoms with E-state index in [1.807, 2.05) is 0 Å². The monoisotopic (exact) mass is 877 g/mol. The third kappa shape index (κ3) is 5.64. The summed E-state index contributed by atoms with van der Waals surface area (Å²) in [6.45, 7) is 18.8. The van der Waals surface area contributed by atoms with E-state index in [4.69, 9.17) is 4.42 Å². The summed E-state index contributed by atoms with van der Waals surface area (Å²) in [7, 11) is 0. The topological polar surface area (TPSA) is 16.4 Å². The van der Waals surface area contributed by atoms with E-state index in [2.05, 4.69) is 248 Å². The molecule has 10 aromatic rings. The lowest BCUT2D eigenvalue weighted by Crippen LogP contribution is -2.27. The average Bonchev–Trinajstić information content (AvgIpc) is 4.03. The van der Waals surface area contributed by atoms with E-state index in [1.165, 1.54) is 89.0 Å². The first-order chi connectivity index (χ1) is 32.7. The summed E-state index contributed by atoms with van der Waals surface area (Å²) in [6, 6.07) is 71.2. The van der Waals surface area contributed by atoms with Crippen molar-refractivity contribution >= 4 is 39.0 Å². The maximum Gasteiger partial charge on any atom is 0.143 e. The highest BCUT2D eigenvalue weighted by molar-refractivity contribution is 6.13. The molecule has 1 spiro atoms. The minimum Gasteiger partial charge on any atom is -0.455 e. The Bertz CT molecular complexity index is 3650. The number of anilines is 3. The molecule has 0 aliphatic heterocycles. The van der Waals surface area contributed by atoms with Gasteiger partial charge in [-0.25, -0.2) is 0 Å². The van der Waals surface area contributed by atoms with Crippen molar-refractivity contribution in [1.29, 1.82) is 0 Å². The molecule has 0 saturated heterocycles. The van der Waals surface area contributed by atoms with Gasteiger partial charge in [-0.2, -0.15) is 0 Å². The second-order valence-corrected chi connectivity index (χ2v) is 22.1. The molecule has 1 heterocycles. The van der Waals surface area contributed by atoms with Crippen molar-refractivity contribution in [1.82, 2.24) is 0 Å². The maximum atomic E-state index is 7.03. The molecular formula is C66H55NO. The van der Waals surface area contributed by atoms with Crippen LogP contribution in [0.5, 0.6) is 0 Å². The molecule has 0 saturated carbocycles. The molecule has 0 amide bonds. The van der Waals surface area contributed by atoms with Crippen LogP contribution >= 0.6 is 0 Å². The van der Waals surface area contributed by atoms with Gasteiger partial charge in [-0.3, -0.25) is 0 Å². The number of rotatable bonds is 4. The summed E-state index contributed by atoms with van der Waals surface area (Å²) in [5.41, 5.74) is 25.1. The maximum absolute atomic E-state index is 7.03. The van der Waals surface area contributed by atoms with Gasteiger partial charge in [-0.05, 0) is 137 Å². The lowest BCUT2D eigenvalue weighted by molar-refractivity contribution is 0.586. The van der Waals surface area contributed by atoms with Crippen molar-refractivity contribution in [3.63, 3.8) is 0 Å². The Kier molecular flexibility index (Phi) is 8.44. The van der Waals surface area contributed by atoms with E-state index in [0.29, 0.717) is 0 Å². The van der Waals surface area contributed by atoms with E-state index >= 15 is 0 Å². The third-order valence-electron chi connectivity index (χ3n) is 15.8. The van der Waals surface area contributed by atoms with Gasteiger partial charge in [-0.15, -0.1) is 0 Å². The Morgan fingerprint density at radius 3 is 1.57 bits per heavy atom. The first kappa shape index (κ1) is 40.8. The van der Waals surface area contributed by atoms with Gasteiger partial charge < -0.3 is 9.32 Å². The molecule has 13 rings (SSSR count). The van der Waals surface area contributed by atoms with Gasteiger partial charge in [-0.1, -0.05) is 201 Å². The summed E-state index contributed by atoms with van der Waals surface area (Å²) < 4.78 is 7.03. The minimum absolute atomic E-state index is 0.0555. The lowest BCUT2D eigenvalue weighted by Gasteiger charge is -2.34. The minimum atomic E-state index is -0.620.